The SMILES string of the molecule is CC(C)Cc1nn(CCO)c2c1C(=O)CC(C)C2. The Labute approximate surface area is 108 Å². The van der Waals surface area contributed by atoms with Crippen LogP contribution in [0.4, 0.5) is 0 Å². The van der Waals surface area contributed by atoms with Gasteiger partial charge in [0.25, 0.3) is 0 Å². The molecule has 18 heavy (non-hydrogen) atoms. The van der Waals surface area contributed by atoms with Crippen LogP contribution in [-0.4, -0.2) is 27.3 Å². The van der Waals surface area contributed by atoms with Crippen LogP contribution in [0.25, 0.3) is 0 Å². The van der Waals surface area contributed by atoms with Gasteiger partial charge in [-0.2, -0.15) is 5.10 Å². The van der Waals surface area contributed by atoms with E-state index in [0.29, 0.717) is 24.8 Å². The molecule has 4 nitrogen and oxygen atoms in total. The third kappa shape index (κ3) is 2.48. The average molecular weight is 250 g/mol. The quantitative estimate of drug-likeness (QED) is 0.887. The Morgan fingerprint density at radius 1 is 1.44 bits per heavy atom. The molecule has 2 rings (SSSR count). The fourth-order valence-corrected chi connectivity index (χ4v) is 2.71. The highest BCUT2D eigenvalue weighted by molar-refractivity contribution is 5.99. The Morgan fingerprint density at radius 3 is 2.78 bits per heavy atom. The number of carbonyl (C=O) groups excluding carboxylic acids is 1. The number of aliphatic hydroxyl groups excluding tert-OH is 1. The van der Waals surface area contributed by atoms with Gasteiger partial charge in [-0.3, -0.25) is 9.48 Å². The molecule has 1 aliphatic rings. The average Bonchev–Trinajstić information content (AvgIpc) is 2.56. The lowest BCUT2D eigenvalue weighted by Gasteiger charge is -2.19. The summed E-state index contributed by atoms with van der Waals surface area (Å²) in [4.78, 5) is 12.2. The van der Waals surface area contributed by atoms with Crippen molar-refractivity contribution >= 4 is 5.78 Å². The summed E-state index contributed by atoms with van der Waals surface area (Å²) in [6.07, 6.45) is 2.36. The van der Waals surface area contributed by atoms with Crippen molar-refractivity contribution in [2.75, 3.05) is 6.61 Å². The second kappa shape index (κ2) is 5.22. The lowest BCUT2D eigenvalue weighted by atomic mass is 9.86. The molecule has 4 heteroatoms. The third-order valence-electron chi connectivity index (χ3n) is 3.40. The molecule has 0 aliphatic heterocycles. The first-order chi connectivity index (χ1) is 8.52. The monoisotopic (exact) mass is 250 g/mol. The summed E-state index contributed by atoms with van der Waals surface area (Å²) in [7, 11) is 0. The number of aromatic nitrogens is 2. The summed E-state index contributed by atoms with van der Waals surface area (Å²) < 4.78 is 1.83. The predicted molar refractivity (Wildman–Crippen MR) is 69.7 cm³/mol. The highest BCUT2D eigenvalue weighted by Gasteiger charge is 2.30. The van der Waals surface area contributed by atoms with E-state index < -0.39 is 0 Å². The molecule has 1 heterocycles. The summed E-state index contributed by atoms with van der Waals surface area (Å²) in [6.45, 7) is 6.91. The number of rotatable bonds is 4. The fourth-order valence-electron chi connectivity index (χ4n) is 2.71. The lowest BCUT2D eigenvalue weighted by molar-refractivity contribution is 0.0950. The molecule has 100 valence electrons. The van der Waals surface area contributed by atoms with E-state index in [1.165, 1.54) is 0 Å². The molecule has 0 amide bonds. The van der Waals surface area contributed by atoms with Crippen molar-refractivity contribution in [1.82, 2.24) is 9.78 Å². The van der Waals surface area contributed by atoms with E-state index in [1.54, 1.807) is 0 Å². The zero-order valence-corrected chi connectivity index (χ0v) is 11.4. The number of hydrogen-bond donors (Lipinski definition) is 1. The van der Waals surface area contributed by atoms with Crippen LogP contribution in [0.3, 0.4) is 0 Å². The minimum absolute atomic E-state index is 0.0673. The lowest BCUT2D eigenvalue weighted by Crippen LogP contribution is -2.21. The predicted octanol–water partition coefficient (Wildman–Crippen LogP) is 1.84. The minimum atomic E-state index is 0.0673. The van der Waals surface area contributed by atoms with Gasteiger partial charge in [0.1, 0.15) is 0 Å². The molecule has 0 fully saturated rings. The topological polar surface area (TPSA) is 55.1 Å². The summed E-state index contributed by atoms with van der Waals surface area (Å²) >= 11 is 0. The molecule has 0 bridgehead atoms. The maximum atomic E-state index is 12.2. The van der Waals surface area contributed by atoms with E-state index in [1.807, 2.05) is 4.68 Å². The molecule has 1 aliphatic carbocycles. The number of hydrogen-bond acceptors (Lipinski definition) is 3. The molecule has 0 spiro atoms. The van der Waals surface area contributed by atoms with Gasteiger partial charge >= 0.3 is 0 Å². The second-order valence-electron chi connectivity index (χ2n) is 5.75. The molecule has 0 radical (unpaired) electrons. The van der Waals surface area contributed by atoms with Crippen LogP contribution in [0.5, 0.6) is 0 Å². The van der Waals surface area contributed by atoms with E-state index in [2.05, 4.69) is 25.9 Å². The molecule has 0 aromatic carbocycles. The maximum absolute atomic E-state index is 12.2. The normalized spacial score (nSPS) is 19.4. The molecule has 1 N–H and O–H groups in total. The van der Waals surface area contributed by atoms with Gasteiger partial charge in [-0.05, 0) is 24.7 Å². The summed E-state index contributed by atoms with van der Waals surface area (Å²) in [5, 5.41) is 13.6. The van der Waals surface area contributed by atoms with Gasteiger partial charge in [0.05, 0.1) is 24.4 Å². The van der Waals surface area contributed by atoms with Gasteiger partial charge in [-0.1, -0.05) is 20.8 Å². The van der Waals surface area contributed by atoms with Gasteiger partial charge in [-0.25, -0.2) is 0 Å². The Balaban J connectivity index is 2.43. The molecule has 0 saturated heterocycles. The first-order valence-corrected chi connectivity index (χ1v) is 6.75. The van der Waals surface area contributed by atoms with Crippen LogP contribution < -0.4 is 0 Å². The van der Waals surface area contributed by atoms with Gasteiger partial charge in [-0.15, -0.1) is 0 Å². The number of nitrogens with zero attached hydrogens (tertiary/aromatic N) is 2. The van der Waals surface area contributed by atoms with E-state index >= 15 is 0 Å². The van der Waals surface area contributed by atoms with Crippen molar-refractivity contribution < 1.29 is 9.90 Å². The van der Waals surface area contributed by atoms with Gasteiger partial charge in [0.15, 0.2) is 5.78 Å². The smallest absolute Gasteiger partial charge is 0.166 e. The van der Waals surface area contributed by atoms with Crippen LogP contribution in [0.15, 0.2) is 0 Å². The van der Waals surface area contributed by atoms with Gasteiger partial charge in [0, 0.05) is 12.1 Å². The molecule has 1 aromatic rings. The number of aliphatic hydroxyl groups is 1. The van der Waals surface area contributed by atoms with Crippen LogP contribution >= 0.6 is 0 Å². The van der Waals surface area contributed by atoms with Crippen molar-refractivity contribution in [1.29, 1.82) is 0 Å². The van der Waals surface area contributed by atoms with Crippen molar-refractivity contribution in [3.63, 3.8) is 0 Å². The van der Waals surface area contributed by atoms with Crippen molar-refractivity contribution in [2.45, 2.75) is 46.6 Å². The Hall–Kier alpha value is -1.16. The van der Waals surface area contributed by atoms with E-state index in [-0.39, 0.29) is 12.4 Å². The largest absolute Gasteiger partial charge is 0.394 e. The van der Waals surface area contributed by atoms with Crippen molar-refractivity contribution in [2.24, 2.45) is 11.8 Å². The first kappa shape index (κ1) is 13.3. The third-order valence-corrected chi connectivity index (χ3v) is 3.40. The number of carbonyl (C=O) groups is 1. The fraction of sp³-hybridized carbons (Fsp3) is 0.714. The maximum Gasteiger partial charge on any atom is 0.166 e. The first-order valence-electron chi connectivity index (χ1n) is 6.75. The molecule has 0 saturated carbocycles. The van der Waals surface area contributed by atoms with Gasteiger partial charge < -0.3 is 5.11 Å². The highest BCUT2D eigenvalue weighted by atomic mass is 16.3. The van der Waals surface area contributed by atoms with Gasteiger partial charge in [0.2, 0.25) is 0 Å². The number of Topliss-reactive ketones (excluding diaryl/α,β-unsaturated/α-hetero) is 1. The zero-order chi connectivity index (χ0) is 13.3. The molecule has 1 unspecified atom stereocenters. The Bertz CT molecular complexity index is 449. The van der Waals surface area contributed by atoms with Crippen LogP contribution in [0, 0.1) is 11.8 Å². The van der Waals surface area contributed by atoms with E-state index in [9.17, 15) is 4.79 Å². The Morgan fingerprint density at radius 2 is 2.17 bits per heavy atom. The zero-order valence-electron chi connectivity index (χ0n) is 11.4. The molecule has 1 atom stereocenters. The summed E-state index contributed by atoms with van der Waals surface area (Å²) in [6, 6.07) is 0. The van der Waals surface area contributed by atoms with Crippen LogP contribution in [0.2, 0.25) is 0 Å². The molecular weight excluding hydrogens is 228 g/mol. The summed E-state index contributed by atoms with van der Waals surface area (Å²) in [5.74, 6) is 1.09. The molecular formula is C14H22N2O2. The minimum Gasteiger partial charge on any atom is -0.394 e. The van der Waals surface area contributed by atoms with E-state index in [4.69, 9.17) is 5.11 Å². The van der Waals surface area contributed by atoms with Crippen LogP contribution in [0.1, 0.15) is 48.9 Å². The van der Waals surface area contributed by atoms with E-state index in [0.717, 1.165) is 29.8 Å². The van der Waals surface area contributed by atoms with Crippen LogP contribution in [-0.2, 0) is 19.4 Å². The number of ketones is 1. The summed E-state index contributed by atoms with van der Waals surface area (Å²) in [5.41, 5.74) is 2.80. The Kier molecular flexibility index (Phi) is 3.85. The standard InChI is InChI=1S/C14H22N2O2/c1-9(2)6-11-14-12(16(15-11)4-5-17)7-10(3)8-13(14)18/h9-10,17H,4-8H2,1-3H3. The number of fused-ring (bicyclic) bond motifs is 1. The molecule has 1 aromatic heterocycles. The van der Waals surface area contributed by atoms with Crippen molar-refractivity contribution in [3.8, 4) is 0 Å². The van der Waals surface area contributed by atoms with Crippen molar-refractivity contribution in [3.05, 3.63) is 17.0 Å². The highest BCUT2D eigenvalue weighted by Crippen LogP contribution is 2.29. The second-order valence-corrected chi connectivity index (χ2v) is 5.75.